The minimum Gasteiger partial charge on any atom is -0.384 e. The van der Waals surface area contributed by atoms with Gasteiger partial charge in [-0.15, -0.1) is 0 Å². The summed E-state index contributed by atoms with van der Waals surface area (Å²) in [6.07, 6.45) is 2.38. The summed E-state index contributed by atoms with van der Waals surface area (Å²) in [5.41, 5.74) is 0. The monoisotopic (exact) mass is 202 g/mol. The molecule has 0 atom stereocenters. The molecular formula is C9H18N2OS. The Balaban J connectivity index is 2.26. The van der Waals surface area contributed by atoms with E-state index in [0.717, 1.165) is 30.7 Å². The Hall–Kier alpha value is -0.350. The molecule has 0 aliphatic carbocycles. The number of likely N-dealkylation sites (tertiary alicyclic amines) is 1. The molecule has 0 aromatic rings. The first kappa shape index (κ1) is 10.7. The molecule has 4 heteroatoms. The van der Waals surface area contributed by atoms with Crippen LogP contribution in [0.25, 0.3) is 0 Å². The van der Waals surface area contributed by atoms with E-state index in [1.165, 1.54) is 12.8 Å². The van der Waals surface area contributed by atoms with Crippen LogP contribution in [0.1, 0.15) is 12.8 Å². The zero-order valence-electron chi connectivity index (χ0n) is 8.38. The summed E-state index contributed by atoms with van der Waals surface area (Å²) in [7, 11) is 3.65. The zero-order valence-corrected chi connectivity index (χ0v) is 9.19. The van der Waals surface area contributed by atoms with Crippen LogP contribution >= 0.6 is 12.2 Å². The van der Waals surface area contributed by atoms with Gasteiger partial charge in [0.05, 0.1) is 0 Å². The molecule has 0 radical (unpaired) electrons. The van der Waals surface area contributed by atoms with Crippen LogP contribution in [-0.4, -0.2) is 43.9 Å². The second-order valence-corrected chi connectivity index (χ2v) is 3.83. The van der Waals surface area contributed by atoms with E-state index in [1.54, 1.807) is 7.11 Å². The lowest BCUT2D eigenvalue weighted by molar-refractivity contribution is 0.119. The van der Waals surface area contributed by atoms with Gasteiger partial charge in [-0.1, -0.05) is 0 Å². The quantitative estimate of drug-likeness (QED) is 0.671. The summed E-state index contributed by atoms with van der Waals surface area (Å²) < 4.78 is 5.14. The Morgan fingerprint density at radius 3 is 2.62 bits per heavy atom. The van der Waals surface area contributed by atoms with Gasteiger partial charge in [-0.3, -0.25) is 0 Å². The maximum Gasteiger partial charge on any atom is 0.168 e. The minimum absolute atomic E-state index is 0.723. The largest absolute Gasteiger partial charge is 0.384 e. The maximum atomic E-state index is 5.16. The van der Waals surface area contributed by atoms with Crippen molar-refractivity contribution in [3.05, 3.63) is 0 Å². The standard InChI is InChI=1S/C9H18N2OS/c1-10-9(13)11-5-3-8(4-6-11)7-12-2/h8H,3-7H2,1-2H3,(H,10,13). The molecule has 0 unspecified atom stereocenters. The molecule has 0 aromatic carbocycles. The third-order valence-electron chi connectivity index (χ3n) is 2.52. The molecule has 1 aliphatic heterocycles. The molecule has 1 N–H and O–H groups in total. The summed E-state index contributed by atoms with van der Waals surface area (Å²) in [6.45, 7) is 3.02. The molecule has 13 heavy (non-hydrogen) atoms. The third-order valence-corrected chi connectivity index (χ3v) is 2.98. The molecule has 76 valence electrons. The number of hydrogen-bond acceptors (Lipinski definition) is 2. The summed E-state index contributed by atoms with van der Waals surface area (Å²) in [5, 5.41) is 3.88. The number of ether oxygens (including phenoxy) is 1. The van der Waals surface area contributed by atoms with Crippen molar-refractivity contribution < 1.29 is 4.74 Å². The molecule has 0 bridgehead atoms. The van der Waals surface area contributed by atoms with Crippen molar-refractivity contribution >= 4 is 17.3 Å². The van der Waals surface area contributed by atoms with Crippen LogP contribution in [0.5, 0.6) is 0 Å². The molecule has 0 aromatic heterocycles. The smallest absolute Gasteiger partial charge is 0.168 e. The van der Waals surface area contributed by atoms with E-state index in [9.17, 15) is 0 Å². The highest BCUT2D eigenvalue weighted by atomic mass is 32.1. The molecule has 1 fully saturated rings. The van der Waals surface area contributed by atoms with Crippen molar-refractivity contribution in [3.8, 4) is 0 Å². The van der Waals surface area contributed by atoms with Crippen LogP contribution in [-0.2, 0) is 4.74 Å². The Bertz CT molecular complexity index is 167. The molecule has 1 aliphatic rings. The first-order chi connectivity index (χ1) is 6.27. The van der Waals surface area contributed by atoms with Gasteiger partial charge >= 0.3 is 0 Å². The number of thiocarbonyl (C=S) groups is 1. The lowest BCUT2D eigenvalue weighted by Gasteiger charge is -2.33. The summed E-state index contributed by atoms with van der Waals surface area (Å²) in [6, 6.07) is 0. The van der Waals surface area contributed by atoms with E-state index >= 15 is 0 Å². The molecule has 1 saturated heterocycles. The number of hydrogen-bond donors (Lipinski definition) is 1. The molecule has 0 spiro atoms. The molecule has 0 saturated carbocycles. The van der Waals surface area contributed by atoms with Crippen LogP contribution in [0.15, 0.2) is 0 Å². The summed E-state index contributed by atoms with van der Waals surface area (Å²) in [4.78, 5) is 2.22. The Morgan fingerprint density at radius 1 is 1.54 bits per heavy atom. The number of nitrogens with zero attached hydrogens (tertiary/aromatic N) is 1. The first-order valence-corrected chi connectivity index (χ1v) is 5.14. The normalized spacial score (nSPS) is 18.8. The van der Waals surface area contributed by atoms with Crippen LogP contribution in [0.2, 0.25) is 0 Å². The Morgan fingerprint density at radius 2 is 2.15 bits per heavy atom. The van der Waals surface area contributed by atoms with E-state index < -0.39 is 0 Å². The van der Waals surface area contributed by atoms with Gasteiger partial charge in [0, 0.05) is 33.9 Å². The average Bonchev–Trinajstić information content (AvgIpc) is 2.18. The number of rotatable bonds is 2. The third kappa shape index (κ3) is 3.12. The second kappa shape index (κ2) is 5.40. The predicted molar refractivity (Wildman–Crippen MR) is 57.8 cm³/mol. The van der Waals surface area contributed by atoms with Gasteiger partial charge in [-0.25, -0.2) is 0 Å². The van der Waals surface area contributed by atoms with Crippen LogP contribution < -0.4 is 5.32 Å². The fraction of sp³-hybridized carbons (Fsp3) is 0.889. The highest BCUT2D eigenvalue weighted by Crippen LogP contribution is 2.16. The number of piperidine rings is 1. The fourth-order valence-electron chi connectivity index (χ4n) is 1.70. The fourth-order valence-corrected chi connectivity index (χ4v) is 1.88. The van der Waals surface area contributed by atoms with Crippen molar-refractivity contribution in [1.29, 1.82) is 0 Å². The van der Waals surface area contributed by atoms with Crippen LogP contribution in [0.3, 0.4) is 0 Å². The molecule has 1 rings (SSSR count). The van der Waals surface area contributed by atoms with Crippen LogP contribution in [0, 0.1) is 5.92 Å². The Kier molecular flexibility index (Phi) is 4.45. The van der Waals surface area contributed by atoms with Gasteiger partial charge in [0.2, 0.25) is 0 Å². The molecular weight excluding hydrogens is 184 g/mol. The molecule has 0 amide bonds. The topological polar surface area (TPSA) is 24.5 Å². The van der Waals surface area contributed by atoms with Gasteiger partial charge < -0.3 is 15.0 Å². The Labute approximate surface area is 85.4 Å². The molecule has 3 nitrogen and oxygen atoms in total. The number of nitrogens with one attached hydrogen (secondary N) is 1. The van der Waals surface area contributed by atoms with Gasteiger partial charge in [-0.2, -0.15) is 0 Å². The number of methoxy groups -OCH3 is 1. The highest BCUT2D eigenvalue weighted by Gasteiger charge is 2.19. The molecule has 1 heterocycles. The zero-order chi connectivity index (χ0) is 9.68. The first-order valence-electron chi connectivity index (χ1n) is 4.73. The van der Waals surface area contributed by atoms with E-state index in [4.69, 9.17) is 17.0 Å². The van der Waals surface area contributed by atoms with E-state index in [0.29, 0.717) is 0 Å². The predicted octanol–water partition coefficient (Wildman–Crippen LogP) is 0.849. The van der Waals surface area contributed by atoms with E-state index in [1.807, 2.05) is 7.05 Å². The van der Waals surface area contributed by atoms with Crippen molar-refractivity contribution in [2.45, 2.75) is 12.8 Å². The second-order valence-electron chi connectivity index (χ2n) is 3.44. The van der Waals surface area contributed by atoms with Crippen molar-refractivity contribution in [3.63, 3.8) is 0 Å². The minimum atomic E-state index is 0.723. The van der Waals surface area contributed by atoms with Crippen LogP contribution in [0.4, 0.5) is 0 Å². The van der Waals surface area contributed by atoms with Gasteiger partial charge in [0.25, 0.3) is 0 Å². The lowest BCUT2D eigenvalue weighted by Crippen LogP contribution is -2.43. The maximum absolute atomic E-state index is 5.16. The van der Waals surface area contributed by atoms with E-state index in [-0.39, 0.29) is 0 Å². The highest BCUT2D eigenvalue weighted by molar-refractivity contribution is 7.80. The summed E-state index contributed by atoms with van der Waals surface area (Å²) in [5.74, 6) is 0.723. The average molecular weight is 202 g/mol. The van der Waals surface area contributed by atoms with E-state index in [2.05, 4.69) is 10.2 Å². The van der Waals surface area contributed by atoms with Gasteiger partial charge in [0.15, 0.2) is 5.11 Å². The van der Waals surface area contributed by atoms with Crippen molar-refractivity contribution in [2.75, 3.05) is 33.9 Å². The lowest BCUT2D eigenvalue weighted by atomic mass is 9.98. The van der Waals surface area contributed by atoms with Crippen molar-refractivity contribution in [1.82, 2.24) is 10.2 Å². The summed E-state index contributed by atoms with van der Waals surface area (Å²) >= 11 is 5.16. The van der Waals surface area contributed by atoms with Gasteiger partial charge in [0.1, 0.15) is 0 Å². The van der Waals surface area contributed by atoms with Crippen molar-refractivity contribution in [2.24, 2.45) is 5.92 Å². The SMILES string of the molecule is CNC(=S)N1CCC(COC)CC1. The van der Waals surface area contributed by atoms with Gasteiger partial charge in [-0.05, 0) is 31.0 Å².